The van der Waals surface area contributed by atoms with Crippen molar-refractivity contribution in [2.45, 2.75) is 91.0 Å². The predicted molar refractivity (Wildman–Crippen MR) is 114 cm³/mol. The van der Waals surface area contributed by atoms with Crippen LogP contribution in [0.5, 0.6) is 0 Å². The maximum atomic E-state index is 13.5. The number of hydrogen-bond acceptors (Lipinski definition) is 2. The Balaban J connectivity index is 2.85. The van der Waals surface area contributed by atoms with E-state index in [2.05, 4.69) is 57.0 Å². The van der Waals surface area contributed by atoms with E-state index in [1.807, 2.05) is 6.07 Å². The van der Waals surface area contributed by atoms with Gasteiger partial charge >= 0.3 is 0 Å². The molecule has 0 radical (unpaired) electrons. The lowest BCUT2D eigenvalue weighted by atomic mass is 9.85. The minimum atomic E-state index is -0.0939. The molecule has 1 aromatic carbocycles. The molecule has 0 bridgehead atoms. The van der Waals surface area contributed by atoms with Gasteiger partial charge in [0, 0.05) is 5.92 Å². The van der Waals surface area contributed by atoms with Gasteiger partial charge in [0.2, 0.25) is 0 Å². The van der Waals surface area contributed by atoms with Crippen LogP contribution in [0.25, 0.3) is 0 Å². The van der Waals surface area contributed by atoms with E-state index in [0.717, 1.165) is 24.9 Å². The van der Waals surface area contributed by atoms with Gasteiger partial charge in [0.05, 0.1) is 6.04 Å². The number of ketones is 1. The Labute approximate surface area is 162 Å². The maximum Gasteiger partial charge on any atom is 0.157 e. The molecule has 0 N–H and O–H groups in total. The molecule has 26 heavy (non-hydrogen) atoms. The summed E-state index contributed by atoms with van der Waals surface area (Å²) in [5, 5.41) is 0. The van der Waals surface area contributed by atoms with E-state index in [1.165, 1.54) is 51.4 Å². The van der Waals surface area contributed by atoms with Gasteiger partial charge in [-0.3, -0.25) is 9.69 Å². The number of likely N-dealkylation sites (N-methyl/N-ethyl adjacent to an activating group) is 1. The number of rotatable bonds is 15. The van der Waals surface area contributed by atoms with Crippen LogP contribution < -0.4 is 0 Å². The molecule has 0 saturated carbocycles. The van der Waals surface area contributed by atoms with Crippen molar-refractivity contribution in [1.29, 1.82) is 0 Å². The molecule has 0 spiro atoms. The summed E-state index contributed by atoms with van der Waals surface area (Å²) in [6.07, 6.45) is 12.1. The van der Waals surface area contributed by atoms with E-state index in [1.54, 1.807) is 0 Å². The second-order valence-electron chi connectivity index (χ2n) is 7.68. The number of Topliss-reactive ketones (excluding diaryl/α,β-unsaturated/α-hetero) is 1. The highest BCUT2D eigenvalue weighted by molar-refractivity contribution is 5.87. The molecule has 0 amide bonds. The van der Waals surface area contributed by atoms with Gasteiger partial charge in [-0.25, -0.2) is 0 Å². The fraction of sp³-hybridized carbons (Fsp3) is 0.708. The second-order valence-corrected chi connectivity index (χ2v) is 7.68. The molecule has 148 valence electrons. The smallest absolute Gasteiger partial charge is 0.157 e. The number of nitrogens with zero attached hydrogens (tertiary/aromatic N) is 1. The zero-order chi connectivity index (χ0) is 19.2. The minimum Gasteiger partial charge on any atom is -0.297 e. The number of carbonyl (C=O) groups is 1. The van der Waals surface area contributed by atoms with Gasteiger partial charge in [-0.15, -0.1) is 0 Å². The van der Waals surface area contributed by atoms with Gasteiger partial charge in [0.25, 0.3) is 0 Å². The molecule has 1 rings (SSSR count). The molecular formula is C24H41NO. The number of carbonyl (C=O) groups excluding carboxylic acids is 1. The molecule has 2 nitrogen and oxygen atoms in total. The van der Waals surface area contributed by atoms with Crippen molar-refractivity contribution in [3.63, 3.8) is 0 Å². The Kier molecular flexibility index (Phi) is 12.3. The van der Waals surface area contributed by atoms with Gasteiger partial charge in [0.1, 0.15) is 0 Å². The van der Waals surface area contributed by atoms with Crippen LogP contribution in [0.1, 0.15) is 96.6 Å². The van der Waals surface area contributed by atoms with Crippen LogP contribution in [0.2, 0.25) is 0 Å². The molecule has 0 aliphatic heterocycles. The van der Waals surface area contributed by atoms with E-state index >= 15 is 0 Å². The summed E-state index contributed by atoms with van der Waals surface area (Å²) in [7, 11) is 2.08. The summed E-state index contributed by atoms with van der Waals surface area (Å²) in [6, 6.07) is 10.3. The number of hydrogen-bond donors (Lipinski definition) is 0. The van der Waals surface area contributed by atoms with Crippen molar-refractivity contribution >= 4 is 5.78 Å². The quantitative estimate of drug-likeness (QED) is 0.321. The third-order valence-corrected chi connectivity index (χ3v) is 5.54. The van der Waals surface area contributed by atoms with Crippen LogP contribution in [0.15, 0.2) is 30.3 Å². The van der Waals surface area contributed by atoms with Crippen LogP contribution in [-0.4, -0.2) is 24.3 Å². The topological polar surface area (TPSA) is 20.3 Å². The molecular weight excluding hydrogens is 318 g/mol. The monoisotopic (exact) mass is 359 g/mol. The van der Waals surface area contributed by atoms with Crippen molar-refractivity contribution in [2.75, 3.05) is 13.6 Å². The molecule has 1 atom stereocenters. The Hall–Kier alpha value is -1.15. The number of benzene rings is 1. The Morgan fingerprint density at radius 3 is 1.85 bits per heavy atom. The van der Waals surface area contributed by atoms with Crippen molar-refractivity contribution in [3.8, 4) is 0 Å². The summed E-state index contributed by atoms with van der Waals surface area (Å²) in [6.45, 7) is 7.52. The van der Waals surface area contributed by atoms with E-state index in [9.17, 15) is 4.79 Å². The Bertz CT molecular complexity index is 458. The third kappa shape index (κ3) is 8.03. The van der Waals surface area contributed by atoms with E-state index in [-0.39, 0.29) is 12.0 Å². The summed E-state index contributed by atoms with van der Waals surface area (Å²) in [4.78, 5) is 15.7. The number of unbranched alkanes of at least 4 members (excludes halogenated alkanes) is 6. The lowest BCUT2D eigenvalue weighted by molar-refractivity contribution is -0.128. The zero-order valence-electron chi connectivity index (χ0n) is 17.7. The second kappa shape index (κ2) is 14.0. The van der Waals surface area contributed by atoms with Crippen LogP contribution in [0.4, 0.5) is 0 Å². The summed E-state index contributed by atoms with van der Waals surface area (Å²) >= 11 is 0. The van der Waals surface area contributed by atoms with Gasteiger partial charge in [-0.05, 0) is 32.0 Å². The molecule has 0 unspecified atom stereocenters. The van der Waals surface area contributed by atoms with Gasteiger partial charge in [-0.2, -0.15) is 0 Å². The van der Waals surface area contributed by atoms with Gasteiger partial charge in [0.15, 0.2) is 5.78 Å². The third-order valence-electron chi connectivity index (χ3n) is 5.54. The fourth-order valence-corrected chi connectivity index (χ4v) is 3.74. The average molecular weight is 360 g/mol. The molecule has 0 fully saturated rings. The normalized spacial score (nSPS) is 12.7. The summed E-state index contributed by atoms with van der Waals surface area (Å²) < 4.78 is 0. The van der Waals surface area contributed by atoms with Crippen LogP contribution in [0.3, 0.4) is 0 Å². The highest BCUT2D eigenvalue weighted by Gasteiger charge is 2.30. The van der Waals surface area contributed by atoms with Crippen molar-refractivity contribution in [2.24, 2.45) is 5.92 Å². The zero-order valence-corrected chi connectivity index (χ0v) is 17.7. The first kappa shape index (κ1) is 22.9. The van der Waals surface area contributed by atoms with E-state index < -0.39 is 0 Å². The fourth-order valence-electron chi connectivity index (χ4n) is 3.74. The standard InChI is InChI=1S/C24H41NO/c1-5-8-10-13-19-22(20-14-11-9-6-2)24(26)23(25(4)7-3)21-17-15-12-16-18-21/h12,15-18,22-23H,5-11,13-14,19-20H2,1-4H3/t23-/m1/s1. The van der Waals surface area contributed by atoms with Crippen molar-refractivity contribution in [3.05, 3.63) is 35.9 Å². The predicted octanol–water partition coefficient (Wildman–Crippen LogP) is 6.81. The molecule has 2 heteroatoms. The highest BCUT2D eigenvalue weighted by Crippen LogP contribution is 2.29. The van der Waals surface area contributed by atoms with E-state index in [4.69, 9.17) is 0 Å². The Morgan fingerprint density at radius 2 is 1.38 bits per heavy atom. The average Bonchev–Trinajstić information content (AvgIpc) is 2.67. The first-order chi connectivity index (χ1) is 12.7. The van der Waals surface area contributed by atoms with Crippen LogP contribution >= 0.6 is 0 Å². The van der Waals surface area contributed by atoms with Crippen LogP contribution in [-0.2, 0) is 4.79 Å². The SMILES string of the molecule is CCCCCCC(CCCCCC)C(=O)[C@@H](c1ccccc1)N(C)CC. The minimum absolute atomic E-state index is 0.0939. The highest BCUT2D eigenvalue weighted by atomic mass is 16.1. The first-order valence-electron chi connectivity index (χ1n) is 10.9. The maximum absolute atomic E-state index is 13.5. The van der Waals surface area contributed by atoms with Crippen molar-refractivity contribution in [1.82, 2.24) is 4.90 Å². The van der Waals surface area contributed by atoms with Gasteiger partial charge in [-0.1, -0.05) is 102 Å². The molecule has 0 heterocycles. The lowest BCUT2D eigenvalue weighted by Gasteiger charge is -2.30. The van der Waals surface area contributed by atoms with E-state index in [0.29, 0.717) is 5.78 Å². The molecule has 1 aromatic rings. The molecule has 0 aromatic heterocycles. The lowest BCUT2D eigenvalue weighted by Crippen LogP contribution is -2.34. The largest absolute Gasteiger partial charge is 0.297 e. The van der Waals surface area contributed by atoms with Crippen molar-refractivity contribution < 1.29 is 4.79 Å². The van der Waals surface area contributed by atoms with Gasteiger partial charge < -0.3 is 0 Å². The first-order valence-corrected chi connectivity index (χ1v) is 10.9. The van der Waals surface area contributed by atoms with Crippen LogP contribution in [0, 0.1) is 5.92 Å². The summed E-state index contributed by atoms with van der Waals surface area (Å²) in [5.41, 5.74) is 1.15. The molecule has 0 aliphatic rings. The molecule has 0 saturated heterocycles. The summed E-state index contributed by atoms with van der Waals surface area (Å²) in [5.74, 6) is 0.650. The molecule has 0 aliphatic carbocycles. The Morgan fingerprint density at radius 1 is 0.846 bits per heavy atom.